The predicted molar refractivity (Wildman–Crippen MR) is 91.8 cm³/mol. The lowest BCUT2D eigenvalue weighted by molar-refractivity contribution is 0.152. The molecule has 1 unspecified atom stereocenters. The molecule has 1 aromatic rings. The molecule has 1 saturated heterocycles. The molecule has 0 radical (unpaired) electrons. The van der Waals surface area contributed by atoms with Gasteiger partial charge in [-0.15, -0.1) is 4.31 Å². The summed E-state index contributed by atoms with van der Waals surface area (Å²) in [6.45, 7) is 5.45. The lowest BCUT2D eigenvalue weighted by Crippen LogP contribution is -2.67. The summed E-state index contributed by atoms with van der Waals surface area (Å²) in [6, 6.07) is 3.18. The Morgan fingerprint density at radius 1 is 1.22 bits per heavy atom. The van der Waals surface area contributed by atoms with E-state index in [1.54, 1.807) is 19.9 Å². The third kappa shape index (κ3) is 3.10. The number of rotatable bonds is 3. The predicted octanol–water partition coefficient (Wildman–Crippen LogP) is 4.05. The molecule has 9 heteroatoms. The fourth-order valence-electron chi connectivity index (χ4n) is 2.02. The molecular formula is C14H17Cl2N3O3S. The molecule has 1 aromatic carbocycles. The Balaban J connectivity index is 2.54. The Hall–Kier alpha value is -1.15. The highest BCUT2D eigenvalue weighted by Gasteiger charge is 2.53. The minimum Gasteiger partial charge on any atom is -0.567 e. The number of nitrogens with zero attached hydrogens (tertiary/aromatic N) is 3. The van der Waals surface area contributed by atoms with Crippen LogP contribution < -0.4 is 4.31 Å². The van der Waals surface area contributed by atoms with Crippen molar-refractivity contribution in [3.8, 4) is 0 Å². The normalized spacial score (nSPS) is 19.6. The van der Waals surface area contributed by atoms with Gasteiger partial charge in [0.2, 0.25) is 11.5 Å². The molecule has 4 amide bonds. The van der Waals surface area contributed by atoms with Crippen LogP contribution in [0.1, 0.15) is 27.2 Å². The van der Waals surface area contributed by atoms with Crippen LogP contribution in [0.15, 0.2) is 18.2 Å². The first kappa shape index (κ1) is 18.2. The summed E-state index contributed by atoms with van der Waals surface area (Å²) in [5.41, 5.74) is -0.468. The third-order valence-corrected chi connectivity index (χ3v) is 5.94. The van der Waals surface area contributed by atoms with Crippen molar-refractivity contribution in [3.63, 3.8) is 0 Å². The highest BCUT2D eigenvalue weighted by Crippen LogP contribution is 2.37. The molecule has 0 bridgehead atoms. The van der Waals surface area contributed by atoms with Crippen LogP contribution in [0.2, 0.25) is 10.0 Å². The van der Waals surface area contributed by atoms with Gasteiger partial charge in [-0.05, 0) is 38.5 Å². The van der Waals surface area contributed by atoms with Crippen LogP contribution in [-0.4, -0.2) is 38.4 Å². The summed E-state index contributed by atoms with van der Waals surface area (Å²) in [6.07, 6.45) is 0.564. The second kappa shape index (κ2) is 6.39. The lowest BCUT2D eigenvalue weighted by atomic mass is 10.0. The van der Waals surface area contributed by atoms with Crippen LogP contribution in [0.5, 0.6) is 0 Å². The van der Waals surface area contributed by atoms with Gasteiger partial charge in [0.1, 0.15) is 5.69 Å². The van der Waals surface area contributed by atoms with Crippen molar-refractivity contribution < 1.29 is 14.1 Å². The van der Waals surface area contributed by atoms with Crippen LogP contribution in [0.25, 0.3) is 0 Å². The number of hydrogen-bond donors (Lipinski definition) is 0. The van der Waals surface area contributed by atoms with Crippen molar-refractivity contribution in [1.29, 1.82) is 0 Å². The van der Waals surface area contributed by atoms with Gasteiger partial charge in [0.15, 0.2) is 0 Å². The van der Waals surface area contributed by atoms with E-state index in [1.165, 1.54) is 23.5 Å². The Morgan fingerprint density at radius 2 is 1.83 bits per heavy atom. The molecule has 2 rings (SSSR count). The van der Waals surface area contributed by atoms with E-state index >= 15 is 0 Å². The van der Waals surface area contributed by atoms with Gasteiger partial charge in [-0.1, -0.05) is 34.4 Å². The molecule has 0 spiro atoms. The number of carbonyl (C=O) groups is 2. The zero-order valence-electron chi connectivity index (χ0n) is 13.2. The minimum absolute atomic E-state index is 0.177. The molecule has 0 aromatic heterocycles. The molecule has 1 atom stereocenters. The number of amides is 4. The molecule has 1 aliphatic rings. The second-order valence-corrected chi connectivity index (χ2v) is 7.74. The van der Waals surface area contributed by atoms with Crippen LogP contribution in [0, 0.1) is 0 Å². The van der Waals surface area contributed by atoms with Gasteiger partial charge >= 0.3 is 12.1 Å². The van der Waals surface area contributed by atoms with Gasteiger partial charge in [-0.3, -0.25) is 0 Å². The van der Waals surface area contributed by atoms with E-state index in [2.05, 4.69) is 0 Å². The lowest BCUT2D eigenvalue weighted by Gasteiger charge is -2.44. The SMILES string of the molecule is CCC(C)(C)N1C(=O)N(C)C(=O)N(c2ccc(Cl)cc2Cl)[S+]1[O-]. The zero-order valence-corrected chi connectivity index (χ0v) is 15.5. The van der Waals surface area contributed by atoms with Crippen molar-refractivity contribution in [3.05, 3.63) is 28.2 Å². The van der Waals surface area contributed by atoms with Gasteiger partial charge in [0.25, 0.3) is 0 Å². The molecule has 23 heavy (non-hydrogen) atoms. The Bertz CT molecular complexity index is 656. The Morgan fingerprint density at radius 3 is 2.35 bits per heavy atom. The molecule has 0 saturated carbocycles. The van der Waals surface area contributed by atoms with Gasteiger partial charge in [-0.2, -0.15) is 0 Å². The number of anilines is 1. The maximum Gasteiger partial charge on any atom is 0.376 e. The number of benzene rings is 1. The Kier molecular flexibility index (Phi) is 5.06. The molecule has 1 heterocycles. The fraction of sp³-hybridized carbons (Fsp3) is 0.429. The smallest absolute Gasteiger partial charge is 0.376 e. The van der Waals surface area contributed by atoms with Gasteiger partial charge in [0.05, 0.1) is 10.6 Å². The summed E-state index contributed by atoms with van der Waals surface area (Å²) < 4.78 is 15.1. The van der Waals surface area contributed by atoms with Crippen LogP contribution >= 0.6 is 23.2 Å². The topological polar surface area (TPSA) is 66.9 Å². The van der Waals surface area contributed by atoms with Crippen molar-refractivity contribution in [1.82, 2.24) is 9.21 Å². The van der Waals surface area contributed by atoms with E-state index in [4.69, 9.17) is 23.2 Å². The first-order chi connectivity index (χ1) is 10.6. The average Bonchev–Trinajstić information content (AvgIpc) is 2.47. The van der Waals surface area contributed by atoms with Crippen molar-refractivity contribution in [2.24, 2.45) is 0 Å². The standard InChI is InChI=1S/C14H17Cl2N3O3S/c1-5-14(2,3)19-13(21)17(4)12(20)18(23(19)22)11-7-6-9(15)8-10(11)16/h6-8H,5H2,1-4H3. The number of halogens is 2. The van der Waals surface area contributed by atoms with Crippen molar-refractivity contribution in [2.45, 2.75) is 32.7 Å². The Labute approximate surface area is 148 Å². The number of imide groups is 1. The van der Waals surface area contributed by atoms with E-state index in [1.807, 2.05) is 6.92 Å². The first-order valence-corrected chi connectivity index (χ1v) is 8.73. The van der Waals surface area contributed by atoms with E-state index < -0.39 is 29.1 Å². The van der Waals surface area contributed by atoms with E-state index in [-0.39, 0.29) is 10.7 Å². The monoisotopic (exact) mass is 377 g/mol. The maximum absolute atomic E-state index is 12.9. The van der Waals surface area contributed by atoms with Crippen LogP contribution in [-0.2, 0) is 11.5 Å². The second-order valence-electron chi connectivity index (χ2n) is 5.71. The molecule has 1 aliphatic heterocycles. The summed E-state index contributed by atoms with van der Waals surface area (Å²) in [5.74, 6) is 0. The molecule has 126 valence electrons. The molecule has 6 nitrogen and oxygen atoms in total. The summed E-state index contributed by atoms with van der Waals surface area (Å²) in [7, 11) is 1.34. The van der Waals surface area contributed by atoms with Crippen molar-refractivity contribution in [2.75, 3.05) is 11.4 Å². The zero-order chi connectivity index (χ0) is 17.5. The average molecular weight is 378 g/mol. The quantitative estimate of drug-likeness (QED) is 0.745. The number of carbonyl (C=O) groups excluding carboxylic acids is 2. The highest BCUT2D eigenvalue weighted by atomic mass is 35.5. The maximum atomic E-state index is 12.9. The summed E-state index contributed by atoms with van der Waals surface area (Å²) in [4.78, 5) is 25.8. The van der Waals surface area contributed by atoms with Crippen LogP contribution in [0.4, 0.5) is 15.3 Å². The number of urea groups is 2. The number of hydrogen-bond acceptors (Lipinski definition) is 3. The summed E-state index contributed by atoms with van der Waals surface area (Å²) >= 11 is 9.97. The molecular weight excluding hydrogens is 361 g/mol. The summed E-state index contributed by atoms with van der Waals surface area (Å²) in [5, 5.41) is 0.570. The van der Waals surface area contributed by atoms with E-state index in [0.717, 1.165) is 9.21 Å². The fourth-order valence-corrected chi connectivity index (χ4v) is 4.11. The first-order valence-electron chi connectivity index (χ1n) is 6.91. The van der Waals surface area contributed by atoms with Crippen LogP contribution in [0.3, 0.4) is 0 Å². The van der Waals surface area contributed by atoms with Gasteiger partial charge in [0, 0.05) is 12.1 Å². The largest absolute Gasteiger partial charge is 0.567 e. The van der Waals surface area contributed by atoms with E-state index in [9.17, 15) is 14.1 Å². The highest BCUT2D eigenvalue weighted by molar-refractivity contribution is 7.92. The van der Waals surface area contributed by atoms with E-state index in [0.29, 0.717) is 11.4 Å². The van der Waals surface area contributed by atoms with Crippen molar-refractivity contribution >= 4 is 52.5 Å². The minimum atomic E-state index is -2.04. The molecule has 0 N–H and O–H groups in total. The molecule has 0 aliphatic carbocycles. The molecule has 1 fully saturated rings. The third-order valence-electron chi connectivity index (χ3n) is 3.78. The van der Waals surface area contributed by atoms with Gasteiger partial charge in [-0.25, -0.2) is 14.5 Å². The van der Waals surface area contributed by atoms with Gasteiger partial charge < -0.3 is 4.55 Å².